The third-order valence-corrected chi connectivity index (χ3v) is 4.15. The Morgan fingerprint density at radius 3 is 2.81 bits per heavy atom. The number of pyridine rings is 1. The largest absolute Gasteiger partial charge is 0.380 e. The number of rotatable bonds is 5. The van der Waals surface area contributed by atoms with Crippen molar-refractivity contribution in [3.8, 4) is 6.07 Å². The Hall–Kier alpha value is -3.14. The van der Waals surface area contributed by atoms with Crippen molar-refractivity contribution < 1.29 is 9.53 Å². The average molecular weight is 381 g/mol. The molecule has 2 N–H and O–H groups in total. The summed E-state index contributed by atoms with van der Waals surface area (Å²) in [4.78, 5) is 16.0. The second-order valence-electron chi connectivity index (χ2n) is 5.93. The first-order chi connectivity index (χ1) is 13.0. The van der Waals surface area contributed by atoms with E-state index >= 15 is 0 Å². The van der Waals surface area contributed by atoms with Crippen molar-refractivity contribution in [2.45, 2.75) is 13.5 Å². The van der Waals surface area contributed by atoms with Crippen LogP contribution < -0.4 is 10.6 Å². The van der Waals surface area contributed by atoms with Gasteiger partial charge in [-0.2, -0.15) is 5.26 Å². The summed E-state index contributed by atoms with van der Waals surface area (Å²) >= 11 is 6.06. The molecule has 1 amide bonds. The number of amides is 1. The molecule has 0 unspecified atom stereocenters. The van der Waals surface area contributed by atoms with Crippen molar-refractivity contribution in [3.63, 3.8) is 0 Å². The van der Waals surface area contributed by atoms with Crippen LogP contribution in [0.15, 0.2) is 42.6 Å². The van der Waals surface area contributed by atoms with Gasteiger partial charge in [0.1, 0.15) is 6.07 Å². The number of fused-ring (bicyclic) bond motifs is 1. The Morgan fingerprint density at radius 2 is 2.15 bits per heavy atom. The minimum Gasteiger partial charge on any atom is -0.380 e. The normalized spacial score (nSPS) is 10.4. The van der Waals surface area contributed by atoms with Gasteiger partial charge < -0.3 is 15.4 Å². The maximum atomic E-state index is 11.6. The molecule has 136 valence electrons. The van der Waals surface area contributed by atoms with Crippen LogP contribution in [0.4, 0.5) is 17.1 Å². The average Bonchev–Trinajstić information content (AvgIpc) is 2.62. The first kappa shape index (κ1) is 18.6. The Labute approximate surface area is 161 Å². The molecule has 2 aromatic carbocycles. The number of anilines is 3. The van der Waals surface area contributed by atoms with Gasteiger partial charge in [0, 0.05) is 47.6 Å². The van der Waals surface area contributed by atoms with Crippen molar-refractivity contribution in [2.24, 2.45) is 0 Å². The van der Waals surface area contributed by atoms with E-state index in [9.17, 15) is 10.1 Å². The number of carbonyl (C=O) groups excluding carboxylic acids is 1. The standard InChI is InChI=1S/C20H17ClN4O2/c1-12(26)24-18-8-17-19(6-13(18)11-27-2)23-10-14(9-22)20(17)25-16-5-3-4-15(21)7-16/h3-8,10H,11H2,1-2H3,(H,23,25)(H,24,26). The summed E-state index contributed by atoms with van der Waals surface area (Å²) in [6.45, 7) is 1.76. The molecule has 6 nitrogen and oxygen atoms in total. The quantitative estimate of drug-likeness (QED) is 0.675. The van der Waals surface area contributed by atoms with Crippen LogP contribution >= 0.6 is 11.6 Å². The fraction of sp³-hybridized carbons (Fsp3) is 0.150. The highest BCUT2D eigenvalue weighted by atomic mass is 35.5. The van der Waals surface area contributed by atoms with Gasteiger partial charge in [-0.1, -0.05) is 17.7 Å². The molecule has 0 aliphatic rings. The number of nitrogens with one attached hydrogen (secondary N) is 2. The van der Waals surface area contributed by atoms with Crippen LogP contribution in [0.1, 0.15) is 18.1 Å². The molecule has 0 atom stereocenters. The Kier molecular flexibility index (Phi) is 5.55. The molecule has 0 radical (unpaired) electrons. The van der Waals surface area contributed by atoms with Crippen LogP contribution in [0.3, 0.4) is 0 Å². The third-order valence-electron chi connectivity index (χ3n) is 3.92. The summed E-state index contributed by atoms with van der Waals surface area (Å²) in [7, 11) is 1.58. The lowest BCUT2D eigenvalue weighted by molar-refractivity contribution is -0.114. The molecular weight excluding hydrogens is 364 g/mol. The van der Waals surface area contributed by atoms with E-state index in [1.165, 1.54) is 13.1 Å². The predicted octanol–water partition coefficient (Wildman–Crippen LogP) is 4.61. The number of halogens is 1. The van der Waals surface area contributed by atoms with Crippen LogP contribution in [-0.4, -0.2) is 18.0 Å². The lowest BCUT2D eigenvalue weighted by atomic mass is 10.0. The predicted molar refractivity (Wildman–Crippen MR) is 106 cm³/mol. The van der Waals surface area contributed by atoms with Gasteiger partial charge in [0.25, 0.3) is 0 Å². The lowest BCUT2D eigenvalue weighted by Crippen LogP contribution is -2.09. The van der Waals surface area contributed by atoms with Crippen LogP contribution in [0.2, 0.25) is 5.02 Å². The van der Waals surface area contributed by atoms with Gasteiger partial charge >= 0.3 is 0 Å². The molecule has 1 aromatic heterocycles. The zero-order valence-corrected chi connectivity index (χ0v) is 15.6. The van der Waals surface area contributed by atoms with Gasteiger partial charge in [0.2, 0.25) is 5.91 Å². The first-order valence-electron chi connectivity index (χ1n) is 8.16. The molecule has 3 rings (SSSR count). The number of hydrogen-bond donors (Lipinski definition) is 2. The van der Waals surface area contributed by atoms with Crippen molar-refractivity contribution in [1.29, 1.82) is 5.26 Å². The fourth-order valence-electron chi connectivity index (χ4n) is 2.79. The maximum Gasteiger partial charge on any atom is 0.221 e. The summed E-state index contributed by atoms with van der Waals surface area (Å²) < 4.78 is 5.22. The molecule has 1 heterocycles. The van der Waals surface area contributed by atoms with Crippen LogP contribution in [0, 0.1) is 11.3 Å². The number of carbonyl (C=O) groups is 1. The summed E-state index contributed by atoms with van der Waals surface area (Å²) in [5.41, 5.74) is 3.82. The molecular formula is C20H17ClN4O2. The number of hydrogen-bond acceptors (Lipinski definition) is 5. The highest BCUT2D eigenvalue weighted by Gasteiger charge is 2.14. The molecule has 0 fully saturated rings. The molecule has 7 heteroatoms. The summed E-state index contributed by atoms with van der Waals surface area (Å²) in [6.07, 6.45) is 1.52. The van der Waals surface area contributed by atoms with Crippen molar-refractivity contribution >= 4 is 45.5 Å². The smallest absolute Gasteiger partial charge is 0.221 e. The van der Waals surface area contributed by atoms with E-state index in [-0.39, 0.29) is 5.91 Å². The van der Waals surface area contributed by atoms with E-state index in [2.05, 4.69) is 21.7 Å². The van der Waals surface area contributed by atoms with Crippen molar-refractivity contribution in [2.75, 3.05) is 17.7 Å². The summed E-state index contributed by atoms with van der Waals surface area (Å²) in [6, 6.07) is 13.0. The summed E-state index contributed by atoms with van der Waals surface area (Å²) in [5, 5.41) is 16.9. The Morgan fingerprint density at radius 1 is 1.33 bits per heavy atom. The summed E-state index contributed by atoms with van der Waals surface area (Å²) in [5.74, 6) is -0.194. The van der Waals surface area contributed by atoms with Gasteiger partial charge in [-0.15, -0.1) is 0 Å². The zero-order chi connectivity index (χ0) is 19.4. The number of benzene rings is 2. The van der Waals surface area contributed by atoms with E-state index in [4.69, 9.17) is 16.3 Å². The number of aromatic nitrogens is 1. The van der Waals surface area contributed by atoms with Gasteiger partial charge in [-0.05, 0) is 30.3 Å². The highest BCUT2D eigenvalue weighted by Crippen LogP contribution is 2.33. The molecule has 0 aliphatic heterocycles. The number of nitrogens with zero attached hydrogens (tertiary/aromatic N) is 2. The molecule has 0 saturated heterocycles. The molecule has 0 aliphatic carbocycles. The van der Waals surface area contributed by atoms with Crippen molar-refractivity contribution in [1.82, 2.24) is 4.98 Å². The number of ether oxygens (including phenoxy) is 1. The van der Waals surface area contributed by atoms with Gasteiger partial charge in [-0.25, -0.2) is 0 Å². The third kappa shape index (κ3) is 4.17. The van der Waals surface area contributed by atoms with E-state index in [0.29, 0.717) is 39.5 Å². The monoisotopic (exact) mass is 380 g/mol. The minimum atomic E-state index is -0.194. The van der Waals surface area contributed by atoms with Gasteiger partial charge in [0.05, 0.1) is 23.4 Å². The fourth-order valence-corrected chi connectivity index (χ4v) is 2.98. The van der Waals surface area contributed by atoms with Crippen LogP contribution in [0.5, 0.6) is 0 Å². The number of methoxy groups -OCH3 is 1. The highest BCUT2D eigenvalue weighted by molar-refractivity contribution is 6.30. The zero-order valence-electron chi connectivity index (χ0n) is 14.8. The minimum absolute atomic E-state index is 0.194. The van der Waals surface area contributed by atoms with E-state index in [1.807, 2.05) is 18.2 Å². The molecule has 3 aromatic rings. The van der Waals surface area contributed by atoms with Crippen molar-refractivity contribution in [3.05, 3.63) is 58.7 Å². The number of nitriles is 1. The van der Waals surface area contributed by atoms with E-state index < -0.39 is 0 Å². The lowest BCUT2D eigenvalue weighted by Gasteiger charge is -2.15. The molecule has 0 spiro atoms. The van der Waals surface area contributed by atoms with E-state index in [0.717, 1.165) is 11.3 Å². The van der Waals surface area contributed by atoms with E-state index in [1.54, 1.807) is 25.3 Å². The van der Waals surface area contributed by atoms with Gasteiger partial charge in [-0.3, -0.25) is 9.78 Å². The van der Waals surface area contributed by atoms with Crippen LogP contribution in [-0.2, 0) is 16.1 Å². The SMILES string of the molecule is COCc1cc2ncc(C#N)c(Nc3cccc(Cl)c3)c2cc1NC(C)=O. The Bertz CT molecular complexity index is 1060. The molecule has 0 saturated carbocycles. The second kappa shape index (κ2) is 8.04. The Balaban J connectivity index is 2.20. The maximum absolute atomic E-state index is 11.6. The first-order valence-corrected chi connectivity index (χ1v) is 8.54. The van der Waals surface area contributed by atoms with Gasteiger partial charge in [0.15, 0.2) is 0 Å². The second-order valence-corrected chi connectivity index (χ2v) is 6.37. The van der Waals surface area contributed by atoms with Crippen LogP contribution in [0.25, 0.3) is 10.9 Å². The molecule has 0 bridgehead atoms. The topological polar surface area (TPSA) is 87.0 Å². The molecule has 27 heavy (non-hydrogen) atoms.